The lowest BCUT2D eigenvalue weighted by molar-refractivity contribution is -0.136. The van der Waals surface area contributed by atoms with E-state index < -0.39 is 0 Å². The van der Waals surface area contributed by atoms with Crippen molar-refractivity contribution in [2.45, 2.75) is 45.6 Å². The van der Waals surface area contributed by atoms with Crippen molar-refractivity contribution in [1.82, 2.24) is 4.90 Å². The van der Waals surface area contributed by atoms with Crippen molar-refractivity contribution in [2.24, 2.45) is 11.7 Å². The number of rotatable bonds is 3. The molecule has 1 rings (SSSR count). The van der Waals surface area contributed by atoms with Crippen LogP contribution in [-0.2, 0) is 4.79 Å². The van der Waals surface area contributed by atoms with Crippen LogP contribution in [0.3, 0.4) is 0 Å². The van der Waals surface area contributed by atoms with Gasteiger partial charge in [0.25, 0.3) is 0 Å². The Morgan fingerprint density at radius 1 is 1.60 bits per heavy atom. The molecule has 1 amide bonds. The smallest absolute Gasteiger partial charge is 0.232 e. The highest BCUT2D eigenvalue weighted by Gasteiger charge is 2.29. The van der Waals surface area contributed by atoms with Crippen LogP contribution < -0.4 is 5.73 Å². The summed E-state index contributed by atoms with van der Waals surface area (Å²) in [6.45, 7) is 4.79. The highest BCUT2D eigenvalue weighted by atomic mass is 32.1. The highest BCUT2D eigenvalue weighted by Crippen LogP contribution is 2.21. The summed E-state index contributed by atoms with van der Waals surface area (Å²) in [5.74, 6) is -0.207. The van der Waals surface area contributed by atoms with Crippen LogP contribution >= 0.6 is 12.2 Å². The highest BCUT2D eigenvalue weighted by molar-refractivity contribution is 7.80. The lowest BCUT2D eigenvalue weighted by Crippen LogP contribution is -2.47. The van der Waals surface area contributed by atoms with Crippen molar-refractivity contribution in [3.05, 3.63) is 0 Å². The molecular formula is C11H20N2OS. The van der Waals surface area contributed by atoms with Crippen molar-refractivity contribution in [2.75, 3.05) is 6.54 Å². The maximum absolute atomic E-state index is 12.1. The van der Waals surface area contributed by atoms with Gasteiger partial charge in [0, 0.05) is 12.6 Å². The van der Waals surface area contributed by atoms with Crippen LogP contribution in [0, 0.1) is 5.92 Å². The first kappa shape index (κ1) is 12.4. The number of amides is 1. The van der Waals surface area contributed by atoms with E-state index in [1.54, 1.807) is 6.92 Å². The van der Waals surface area contributed by atoms with Gasteiger partial charge in [0.2, 0.25) is 5.91 Å². The minimum atomic E-state index is -0.313. The molecule has 3 nitrogen and oxygen atoms in total. The Morgan fingerprint density at radius 3 is 2.80 bits per heavy atom. The Balaban J connectivity index is 2.67. The van der Waals surface area contributed by atoms with Crippen LogP contribution in [0.25, 0.3) is 0 Å². The number of piperidine rings is 1. The van der Waals surface area contributed by atoms with Crippen molar-refractivity contribution in [1.29, 1.82) is 0 Å². The second-order valence-corrected chi connectivity index (χ2v) is 4.68. The maximum Gasteiger partial charge on any atom is 0.232 e. The molecule has 1 aliphatic rings. The molecule has 0 spiro atoms. The first-order valence-corrected chi connectivity index (χ1v) is 6.08. The summed E-state index contributed by atoms with van der Waals surface area (Å²) in [4.78, 5) is 14.3. The molecule has 1 aliphatic heterocycles. The third kappa shape index (κ3) is 2.91. The predicted molar refractivity (Wildman–Crippen MR) is 65.6 cm³/mol. The van der Waals surface area contributed by atoms with E-state index in [9.17, 15) is 4.79 Å². The second-order valence-electron chi connectivity index (χ2n) is 4.21. The van der Waals surface area contributed by atoms with Crippen LogP contribution in [0.5, 0.6) is 0 Å². The quantitative estimate of drug-likeness (QED) is 0.748. The van der Waals surface area contributed by atoms with Crippen LogP contribution in [-0.4, -0.2) is 28.4 Å². The molecule has 1 fully saturated rings. The fourth-order valence-corrected chi connectivity index (χ4v) is 2.19. The molecule has 0 bridgehead atoms. The van der Waals surface area contributed by atoms with E-state index in [1.165, 1.54) is 6.42 Å². The Labute approximate surface area is 97.0 Å². The molecule has 2 atom stereocenters. The van der Waals surface area contributed by atoms with E-state index >= 15 is 0 Å². The molecule has 15 heavy (non-hydrogen) atoms. The molecule has 0 aromatic heterocycles. The molecule has 0 aliphatic carbocycles. The van der Waals surface area contributed by atoms with Crippen LogP contribution in [0.2, 0.25) is 0 Å². The van der Waals surface area contributed by atoms with E-state index in [0.717, 1.165) is 25.8 Å². The van der Waals surface area contributed by atoms with Crippen LogP contribution in [0.15, 0.2) is 0 Å². The maximum atomic E-state index is 12.1. The average Bonchev–Trinajstić information content (AvgIpc) is 2.26. The van der Waals surface area contributed by atoms with E-state index in [2.05, 4.69) is 6.92 Å². The average molecular weight is 228 g/mol. The molecule has 0 aromatic rings. The number of carbonyl (C=O) groups is 1. The molecule has 2 unspecified atom stereocenters. The van der Waals surface area contributed by atoms with E-state index in [4.69, 9.17) is 18.0 Å². The number of nitrogens with zero attached hydrogens (tertiary/aromatic N) is 1. The van der Waals surface area contributed by atoms with E-state index in [-0.39, 0.29) is 11.8 Å². The van der Waals surface area contributed by atoms with Gasteiger partial charge in [-0.2, -0.15) is 0 Å². The number of hydrogen-bond donors (Lipinski definition) is 1. The zero-order valence-corrected chi connectivity index (χ0v) is 10.3. The fraction of sp³-hybridized carbons (Fsp3) is 0.818. The van der Waals surface area contributed by atoms with Gasteiger partial charge >= 0.3 is 0 Å². The van der Waals surface area contributed by atoms with Gasteiger partial charge in [-0.05, 0) is 32.6 Å². The normalized spacial score (nSPS) is 23.6. The lowest BCUT2D eigenvalue weighted by atomic mass is 9.98. The summed E-state index contributed by atoms with van der Waals surface area (Å²) in [5.41, 5.74) is 5.51. The molecule has 0 radical (unpaired) electrons. The summed E-state index contributed by atoms with van der Waals surface area (Å²) in [6.07, 6.45) is 4.47. The standard InChI is InChI=1S/C11H20N2OS/c1-3-9-6-4-5-7-13(9)11(14)8(2)10(12)15/h8-9H,3-7H2,1-2H3,(H2,12,15). The number of hydrogen-bond acceptors (Lipinski definition) is 2. The topological polar surface area (TPSA) is 46.3 Å². The Bertz CT molecular complexity index is 255. The van der Waals surface area contributed by atoms with Gasteiger partial charge in [0.05, 0.1) is 10.9 Å². The summed E-state index contributed by atoms with van der Waals surface area (Å²) < 4.78 is 0. The van der Waals surface area contributed by atoms with Gasteiger partial charge < -0.3 is 10.6 Å². The number of nitrogens with two attached hydrogens (primary N) is 1. The second kappa shape index (κ2) is 5.45. The number of likely N-dealkylation sites (tertiary alicyclic amines) is 1. The van der Waals surface area contributed by atoms with E-state index in [1.807, 2.05) is 4.90 Å². The van der Waals surface area contributed by atoms with Gasteiger partial charge in [-0.15, -0.1) is 0 Å². The van der Waals surface area contributed by atoms with Gasteiger partial charge in [-0.1, -0.05) is 19.1 Å². The molecule has 0 saturated carbocycles. The molecule has 4 heteroatoms. The van der Waals surface area contributed by atoms with Gasteiger partial charge in [0.1, 0.15) is 0 Å². The van der Waals surface area contributed by atoms with Crippen molar-refractivity contribution in [3.63, 3.8) is 0 Å². The van der Waals surface area contributed by atoms with Gasteiger partial charge in [0.15, 0.2) is 0 Å². The van der Waals surface area contributed by atoms with E-state index in [0.29, 0.717) is 11.0 Å². The third-order valence-corrected chi connectivity index (χ3v) is 3.53. The molecule has 86 valence electrons. The molecular weight excluding hydrogens is 208 g/mol. The molecule has 1 heterocycles. The number of thiocarbonyl (C=S) groups is 1. The third-order valence-electron chi connectivity index (χ3n) is 3.18. The van der Waals surface area contributed by atoms with Crippen LogP contribution in [0.4, 0.5) is 0 Å². The first-order chi connectivity index (χ1) is 7.07. The Morgan fingerprint density at radius 2 is 2.27 bits per heavy atom. The molecule has 1 saturated heterocycles. The van der Waals surface area contributed by atoms with Crippen molar-refractivity contribution >= 4 is 23.1 Å². The summed E-state index contributed by atoms with van der Waals surface area (Å²) in [5, 5.41) is 0. The zero-order valence-electron chi connectivity index (χ0n) is 9.53. The van der Waals surface area contributed by atoms with Crippen LogP contribution in [0.1, 0.15) is 39.5 Å². The Kier molecular flexibility index (Phi) is 4.51. The SMILES string of the molecule is CCC1CCCCN1C(=O)C(C)C(N)=S. The lowest BCUT2D eigenvalue weighted by Gasteiger charge is -2.36. The molecule has 0 aromatic carbocycles. The minimum Gasteiger partial charge on any atom is -0.393 e. The molecule has 2 N–H and O–H groups in total. The zero-order chi connectivity index (χ0) is 11.4. The monoisotopic (exact) mass is 228 g/mol. The van der Waals surface area contributed by atoms with Gasteiger partial charge in [-0.3, -0.25) is 4.79 Å². The number of carbonyl (C=O) groups excluding carboxylic acids is 1. The van der Waals surface area contributed by atoms with Gasteiger partial charge in [-0.25, -0.2) is 0 Å². The first-order valence-electron chi connectivity index (χ1n) is 5.67. The summed E-state index contributed by atoms with van der Waals surface area (Å²) >= 11 is 4.87. The van der Waals surface area contributed by atoms with Crippen molar-refractivity contribution in [3.8, 4) is 0 Å². The largest absolute Gasteiger partial charge is 0.393 e. The Hall–Kier alpha value is -0.640. The summed E-state index contributed by atoms with van der Waals surface area (Å²) in [7, 11) is 0. The predicted octanol–water partition coefficient (Wildman–Crippen LogP) is 1.70. The summed E-state index contributed by atoms with van der Waals surface area (Å²) in [6, 6.07) is 0.392. The fourth-order valence-electron chi connectivity index (χ4n) is 2.09. The minimum absolute atomic E-state index is 0.106. The van der Waals surface area contributed by atoms with Crippen molar-refractivity contribution < 1.29 is 4.79 Å².